The molecular weight excluding hydrogens is 116 g/mol. The maximum absolute atomic E-state index is 5.41. The molecule has 0 saturated carbocycles. The van der Waals surface area contributed by atoms with Crippen LogP contribution in [0, 0.1) is 0 Å². The minimum atomic E-state index is -0.163. The van der Waals surface area contributed by atoms with Gasteiger partial charge >= 0.3 is 0 Å². The molecule has 1 rings (SSSR count). The Kier molecular flexibility index (Phi) is 1.75. The van der Waals surface area contributed by atoms with E-state index in [-0.39, 0.29) is 5.72 Å². The highest BCUT2D eigenvalue weighted by molar-refractivity contribution is 4.81. The minimum absolute atomic E-state index is 0.163. The van der Waals surface area contributed by atoms with E-state index in [0.29, 0.717) is 12.6 Å². The Morgan fingerprint density at radius 3 is 2.67 bits per heavy atom. The van der Waals surface area contributed by atoms with Crippen LogP contribution in [0.4, 0.5) is 0 Å². The Bertz CT molecular complexity index is 103. The molecule has 1 fully saturated rings. The highest BCUT2D eigenvalue weighted by Gasteiger charge is 2.29. The lowest BCUT2D eigenvalue weighted by molar-refractivity contribution is 0.0231. The summed E-state index contributed by atoms with van der Waals surface area (Å²) in [5.41, 5.74) is 5.25. The summed E-state index contributed by atoms with van der Waals surface area (Å²) in [6, 6.07) is 0.347. The molecule has 1 saturated heterocycles. The Morgan fingerprint density at radius 2 is 2.44 bits per heavy atom. The third kappa shape index (κ3) is 1.64. The Hall–Kier alpha value is -0.120. The molecule has 1 heterocycles. The zero-order valence-electron chi connectivity index (χ0n) is 5.98. The quantitative estimate of drug-likeness (QED) is 0.511. The first-order valence-electron chi connectivity index (χ1n) is 3.26. The summed E-state index contributed by atoms with van der Waals surface area (Å²) in [5, 5.41) is 3.23. The van der Waals surface area contributed by atoms with Crippen molar-refractivity contribution < 1.29 is 4.74 Å². The van der Waals surface area contributed by atoms with E-state index in [1.807, 2.05) is 13.8 Å². The predicted molar refractivity (Wildman–Crippen MR) is 36.0 cm³/mol. The SMILES string of the molecule is CC1(C)N[C@H](CN)CO1. The van der Waals surface area contributed by atoms with Gasteiger partial charge < -0.3 is 10.5 Å². The summed E-state index contributed by atoms with van der Waals surface area (Å²) in [4.78, 5) is 0. The summed E-state index contributed by atoms with van der Waals surface area (Å²) < 4.78 is 5.35. The fourth-order valence-corrected chi connectivity index (χ4v) is 1.01. The van der Waals surface area contributed by atoms with Crippen LogP contribution in [0.15, 0.2) is 0 Å². The highest BCUT2D eigenvalue weighted by atomic mass is 16.5. The molecule has 54 valence electrons. The second-order valence-electron chi connectivity index (χ2n) is 2.90. The fraction of sp³-hybridized carbons (Fsp3) is 1.00. The fourth-order valence-electron chi connectivity index (χ4n) is 1.01. The zero-order chi connectivity index (χ0) is 6.91. The highest BCUT2D eigenvalue weighted by Crippen LogP contribution is 2.12. The second-order valence-corrected chi connectivity index (χ2v) is 2.90. The van der Waals surface area contributed by atoms with E-state index in [1.165, 1.54) is 0 Å². The van der Waals surface area contributed by atoms with Crippen LogP contribution in [0.25, 0.3) is 0 Å². The number of ether oxygens (including phenoxy) is 1. The molecule has 0 unspecified atom stereocenters. The molecule has 1 atom stereocenters. The topological polar surface area (TPSA) is 47.3 Å². The van der Waals surface area contributed by atoms with Crippen LogP contribution in [0.3, 0.4) is 0 Å². The molecule has 3 N–H and O–H groups in total. The lowest BCUT2D eigenvalue weighted by atomic mass is 10.3. The van der Waals surface area contributed by atoms with Crippen LogP contribution >= 0.6 is 0 Å². The molecule has 0 aromatic carbocycles. The zero-order valence-corrected chi connectivity index (χ0v) is 5.98. The van der Waals surface area contributed by atoms with Gasteiger partial charge in [0.2, 0.25) is 0 Å². The van der Waals surface area contributed by atoms with Crippen LogP contribution in [0.2, 0.25) is 0 Å². The summed E-state index contributed by atoms with van der Waals surface area (Å²) in [6.45, 7) is 5.40. The van der Waals surface area contributed by atoms with Gasteiger partial charge in [-0.05, 0) is 13.8 Å². The second kappa shape index (κ2) is 2.25. The van der Waals surface area contributed by atoms with E-state index in [2.05, 4.69) is 5.32 Å². The Labute approximate surface area is 55.6 Å². The van der Waals surface area contributed by atoms with Crippen molar-refractivity contribution in [1.29, 1.82) is 0 Å². The lowest BCUT2D eigenvalue weighted by Crippen LogP contribution is -2.41. The molecule has 1 aliphatic rings. The van der Waals surface area contributed by atoms with E-state index in [1.54, 1.807) is 0 Å². The van der Waals surface area contributed by atoms with Crippen molar-refractivity contribution in [2.45, 2.75) is 25.6 Å². The van der Waals surface area contributed by atoms with Gasteiger partial charge in [0.05, 0.1) is 6.61 Å². The monoisotopic (exact) mass is 130 g/mol. The molecule has 3 heteroatoms. The van der Waals surface area contributed by atoms with Crippen molar-refractivity contribution in [1.82, 2.24) is 5.32 Å². The number of hydrogen-bond acceptors (Lipinski definition) is 3. The van der Waals surface area contributed by atoms with E-state index in [4.69, 9.17) is 10.5 Å². The van der Waals surface area contributed by atoms with Gasteiger partial charge in [0.1, 0.15) is 5.72 Å². The van der Waals surface area contributed by atoms with Crippen LogP contribution in [0.5, 0.6) is 0 Å². The van der Waals surface area contributed by atoms with Crippen LogP contribution in [-0.2, 0) is 4.74 Å². The molecule has 0 bridgehead atoms. The van der Waals surface area contributed by atoms with E-state index in [0.717, 1.165) is 6.61 Å². The Balaban J connectivity index is 2.38. The van der Waals surface area contributed by atoms with Gasteiger partial charge in [-0.3, -0.25) is 5.32 Å². The molecule has 0 spiro atoms. The largest absolute Gasteiger partial charge is 0.360 e. The van der Waals surface area contributed by atoms with Gasteiger partial charge in [-0.1, -0.05) is 0 Å². The van der Waals surface area contributed by atoms with Gasteiger partial charge in [-0.25, -0.2) is 0 Å². The summed E-state index contributed by atoms with van der Waals surface area (Å²) in [7, 11) is 0. The third-order valence-electron chi connectivity index (χ3n) is 1.48. The average molecular weight is 130 g/mol. The maximum atomic E-state index is 5.41. The summed E-state index contributed by atoms with van der Waals surface area (Å²) >= 11 is 0. The minimum Gasteiger partial charge on any atom is -0.360 e. The van der Waals surface area contributed by atoms with Gasteiger partial charge in [0, 0.05) is 12.6 Å². The van der Waals surface area contributed by atoms with Crippen LogP contribution < -0.4 is 11.1 Å². The standard InChI is InChI=1S/C6H14N2O/c1-6(2)8-5(3-7)4-9-6/h5,8H,3-4,7H2,1-2H3/t5-/m1/s1. The van der Waals surface area contributed by atoms with Crippen molar-refractivity contribution in [3.05, 3.63) is 0 Å². The lowest BCUT2D eigenvalue weighted by Gasteiger charge is -2.17. The van der Waals surface area contributed by atoms with E-state index >= 15 is 0 Å². The van der Waals surface area contributed by atoms with Gasteiger partial charge in [-0.15, -0.1) is 0 Å². The smallest absolute Gasteiger partial charge is 0.113 e. The van der Waals surface area contributed by atoms with Crippen LogP contribution in [0.1, 0.15) is 13.8 Å². The predicted octanol–water partition coefficient (Wildman–Crippen LogP) is -0.330. The van der Waals surface area contributed by atoms with Crippen molar-refractivity contribution in [3.8, 4) is 0 Å². The van der Waals surface area contributed by atoms with Crippen molar-refractivity contribution in [2.24, 2.45) is 5.73 Å². The molecule has 0 aromatic rings. The molecule has 0 aromatic heterocycles. The molecular formula is C6H14N2O. The van der Waals surface area contributed by atoms with E-state index in [9.17, 15) is 0 Å². The van der Waals surface area contributed by atoms with Gasteiger partial charge in [-0.2, -0.15) is 0 Å². The van der Waals surface area contributed by atoms with Gasteiger partial charge in [0.15, 0.2) is 0 Å². The Morgan fingerprint density at radius 1 is 1.78 bits per heavy atom. The van der Waals surface area contributed by atoms with Crippen LogP contribution in [-0.4, -0.2) is 24.9 Å². The maximum Gasteiger partial charge on any atom is 0.113 e. The molecule has 9 heavy (non-hydrogen) atoms. The normalized spacial score (nSPS) is 33.0. The number of nitrogens with two attached hydrogens (primary N) is 1. The van der Waals surface area contributed by atoms with E-state index < -0.39 is 0 Å². The number of nitrogens with one attached hydrogen (secondary N) is 1. The number of rotatable bonds is 1. The first-order valence-corrected chi connectivity index (χ1v) is 3.26. The van der Waals surface area contributed by atoms with Crippen molar-refractivity contribution in [2.75, 3.05) is 13.2 Å². The van der Waals surface area contributed by atoms with Crippen molar-refractivity contribution in [3.63, 3.8) is 0 Å². The number of hydrogen-bond donors (Lipinski definition) is 2. The summed E-state index contributed by atoms with van der Waals surface area (Å²) in [5.74, 6) is 0. The first kappa shape index (κ1) is 6.99. The molecule has 0 radical (unpaired) electrons. The average Bonchev–Trinajstić information content (AvgIpc) is 2.10. The molecule has 0 aliphatic carbocycles. The third-order valence-corrected chi connectivity index (χ3v) is 1.48. The van der Waals surface area contributed by atoms with Crippen molar-refractivity contribution >= 4 is 0 Å². The summed E-state index contributed by atoms with van der Waals surface area (Å²) in [6.07, 6.45) is 0. The molecule has 1 aliphatic heterocycles. The molecule has 0 amide bonds. The van der Waals surface area contributed by atoms with Gasteiger partial charge in [0.25, 0.3) is 0 Å². The molecule has 3 nitrogen and oxygen atoms in total. The first-order chi connectivity index (χ1) is 4.14.